The fourth-order valence-corrected chi connectivity index (χ4v) is 1.98. The van der Waals surface area contributed by atoms with Crippen molar-refractivity contribution in [3.05, 3.63) is 60.2 Å². The minimum Gasteiger partial charge on any atom is -0.462 e. The number of aliphatic imine (C=N–C) groups is 1. The van der Waals surface area contributed by atoms with E-state index in [2.05, 4.69) is 16.8 Å². The van der Waals surface area contributed by atoms with Gasteiger partial charge in [-0.3, -0.25) is 0 Å². The lowest BCUT2D eigenvalue weighted by atomic mass is 10.2. The highest BCUT2D eigenvalue weighted by Gasteiger charge is 2.05. The lowest BCUT2D eigenvalue weighted by molar-refractivity contribution is 0.0526. The molecule has 2 aromatic rings. The molecule has 0 aliphatic rings. The number of nitrogens with zero attached hydrogens (tertiary/aromatic N) is 2. The van der Waals surface area contributed by atoms with Gasteiger partial charge in [0.15, 0.2) is 0 Å². The molecule has 0 spiro atoms. The molecule has 0 N–H and O–H groups in total. The van der Waals surface area contributed by atoms with Crippen molar-refractivity contribution >= 4 is 23.7 Å². The first-order chi connectivity index (χ1) is 10.7. The van der Waals surface area contributed by atoms with E-state index < -0.39 is 0 Å². The third-order valence-electron chi connectivity index (χ3n) is 3.15. The molecule has 0 heterocycles. The maximum atomic E-state index is 11.6. The van der Waals surface area contributed by atoms with Crippen LogP contribution in [0.3, 0.4) is 0 Å². The number of hydrogen-bond acceptors (Lipinski definition) is 3. The second-order valence-corrected chi connectivity index (χ2v) is 4.63. The normalized spacial score (nSPS) is 10.6. The molecule has 0 amide bonds. The quantitative estimate of drug-likeness (QED) is 0.459. The largest absolute Gasteiger partial charge is 0.462 e. The maximum absolute atomic E-state index is 11.6. The average Bonchev–Trinajstić information content (AvgIpc) is 2.57. The fraction of sp³-hybridized carbons (Fsp3) is 0.222. The first-order valence-electron chi connectivity index (χ1n) is 7.37. The van der Waals surface area contributed by atoms with Crippen LogP contribution in [0, 0.1) is 0 Å². The molecular formula is C18H20N2O2. The Kier molecular flexibility index (Phi) is 5.72. The summed E-state index contributed by atoms with van der Waals surface area (Å²) in [5.41, 5.74) is 2.43. The van der Waals surface area contributed by atoms with Crippen LogP contribution in [0.25, 0.3) is 0 Å². The van der Waals surface area contributed by atoms with E-state index in [4.69, 9.17) is 4.74 Å². The Morgan fingerprint density at radius 1 is 1.09 bits per heavy atom. The number of esters is 1. The van der Waals surface area contributed by atoms with Crippen molar-refractivity contribution in [1.29, 1.82) is 0 Å². The minimum atomic E-state index is -0.308. The smallest absolute Gasteiger partial charge is 0.338 e. The number of anilines is 1. The van der Waals surface area contributed by atoms with E-state index in [1.54, 1.807) is 25.4 Å². The van der Waals surface area contributed by atoms with Crippen molar-refractivity contribution in [2.45, 2.75) is 13.8 Å². The standard InChI is InChI=1S/C18H20N2O2/c1-3-20(17-8-6-5-7-9-17)14-19-16-12-10-15(11-13-16)18(21)22-4-2/h5-14H,3-4H2,1-2H3/b19-14-. The zero-order valence-electron chi connectivity index (χ0n) is 12.9. The van der Waals surface area contributed by atoms with Crippen LogP contribution in [-0.4, -0.2) is 25.5 Å². The van der Waals surface area contributed by atoms with Crippen LogP contribution in [0.2, 0.25) is 0 Å². The summed E-state index contributed by atoms with van der Waals surface area (Å²) in [4.78, 5) is 18.1. The zero-order chi connectivity index (χ0) is 15.8. The lowest BCUT2D eigenvalue weighted by Gasteiger charge is -2.16. The molecule has 0 aliphatic heterocycles. The Balaban J connectivity index is 2.07. The summed E-state index contributed by atoms with van der Waals surface area (Å²) in [5.74, 6) is -0.308. The van der Waals surface area contributed by atoms with Crippen molar-refractivity contribution in [1.82, 2.24) is 0 Å². The number of para-hydroxylation sites is 1. The van der Waals surface area contributed by atoms with E-state index in [0.29, 0.717) is 12.2 Å². The Hall–Kier alpha value is -2.62. The van der Waals surface area contributed by atoms with Crippen LogP contribution in [0.1, 0.15) is 24.2 Å². The predicted octanol–water partition coefficient (Wildman–Crippen LogP) is 4.05. The van der Waals surface area contributed by atoms with Gasteiger partial charge in [-0.15, -0.1) is 0 Å². The number of carbonyl (C=O) groups is 1. The number of hydrogen-bond donors (Lipinski definition) is 0. The van der Waals surface area contributed by atoms with Crippen LogP contribution in [0.5, 0.6) is 0 Å². The summed E-state index contributed by atoms with van der Waals surface area (Å²) in [6.45, 7) is 5.07. The van der Waals surface area contributed by atoms with Crippen LogP contribution in [0.15, 0.2) is 59.6 Å². The zero-order valence-corrected chi connectivity index (χ0v) is 12.9. The van der Waals surface area contributed by atoms with E-state index in [1.165, 1.54) is 0 Å². The van der Waals surface area contributed by atoms with Crippen molar-refractivity contribution in [2.24, 2.45) is 4.99 Å². The molecule has 0 aliphatic carbocycles. The Bertz CT molecular complexity index is 621. The molecule has 4 nitrogen and oxygen atoms in total. The van der Waals surface area contributed by atoms with Crippen LogP contribution >= 0.6 is 0 Å². The highest BCUT2D eigenvalue weighted by atomic mass is 16.5. The third-order valence-corrected chi connectivity index (χ3v) is 3.15. The van der Waals surface area contributed by atoms with E-state index >= 15 is 0 Å². The number of rotatable bonds is 6. The van der Waals surface area contributed by atoms with E-state index in [9.17, 15) is 4.79 Å². The molecule has 0 saturated heterocycles. The third kappa shape index (κ3) is 4.19. The van der Waals surface area contributed by atoms with Crippen LogP contribution < -0.4 is 4.90 Å². The average molecular weight is 296 g/mol. The second-order valence-electron chi connectivity index (χ2n) is 4.63. The van der Waals surface area contributed by atoms with Gasteiger partial charge in [0.2, 0.25) is 0 Å². The van der Waals surface area contributed by atoms with Crippen LogP contribution in [-0.2, 0) is 4.74 Å². The van der Waals surface area contributed by atoms with Gasteiger partial charge in [0, 0.05) is 12.2 Å². The Morgan fingerprint density at radius 3 is 2.36 bits per heavy atom. The molecule has 0 fully saturated rings. The van der Waals surface area contributed by atoms with Crippen LogP contribution in [0.4, 0.5) is 11.4 Å². The van der Waals surface area contributed by atoms with Gasteiger partial charge in [0.1, 0.15) is 0 Å². The molecule has 22 heavy (non-hydrogen) atoms. The minimum absolute atomic E-state index is 0.308. The molecule has 114 valence electrons. The van der Waals surface area contributed by atoms with Crippen molar-refractivity contribution in [3.8, 4) is 0 Å². The summed E-state index contributed by atoms with van der Waals surface area (Å²) >= 11 is 0. The molecule has 0 unspecified atom stereocenters. The number of ether oxygens (including phenoxy) is 1. The molecule has 0 atom stereocenters. The monoisotopic (exact) mass is 296 g/mol. The second kappa shape index (κ2) is 7.98. The first kappa shape index (κ1) is 15.8. The van der Waals surface area contributed by atoms with Gasteiger partial charge in [-0.05, 0) is 50.2 Å². The molecule has 0 radical (unpaired) electrons. The van der Waals surface area contributed by atoms with Gasteiger partial charge < -0.3 is 9.64 Å². The predicted molar refractivity (Wildman–Crippen MR) is 90.0 cm³/mol. The summed E-state index contributed by atoms with van der Waals surface area (Å²) in [7, 11) is 0. The van der Waals surface area contributed by atoms with Gasteiger partial charge in [-0.1, -0.05) is 18.2 Å². The van der Waals surface area contributed by atoms with E-state index in [1.807, 2.05) is 42.5 Å². The number of benzene rings is 2. The van der Waals surface area contributed by atoms with E-state index in [0.717, 1.165) is 17.9 Å². The first-order valence-corrected chi connectivity index (χ1v) is 7.37. The van der Waals surface area contributed by atoms with Gasteiger partial charge in [-0.25, -0.2) is 9.79 Å². The summed E-state index contributed by atoms with van der Waals surface area (Å²) in [5, 5.41) is 0. The summed E-state index contributed by atoms with van der Waals surface area (Å²) in [6, 6.07) is 17.1. The molecule has 4 heteroatoms. The lowest BCUT2D eigenvalue weighted by Crippen LogP contribution is -2.19. The summed E-state index contributed by atoms with van der Waals surface area (Å²) in [6.07, 6.45) is 1.80. The highest BCUT2D eigenvalue weighted by molar-refractivity contribution is 5.90. The van der Waals surface area contributed by atoms with E-state index in [-0.39, 0.29) is 5.97 Å². The number of carbonyl (C=O) groups excluding carboxylic acids is 1. The summed E-state index contributed by atoms with van der Waals surface area (Å²) < 4.78 is 4.96. The highest BCUT2D eigenvalue weighted by Crippen LogP contribution is 2.15. The molecule has 0 saturated carbocycles. The van der Waals surface area contributed by atoms with Crippen molar-refractivity contribution < 1.29 is 9.53 Å². The van der Waals surface area contributed by atoms with Gasteiger partial charge in [-0.2, -0.15) is 0 Å². The molecule has 0 aromatic heterocycles. The molecule has 2 rings (SSSR count). The molecular weight excluding hydrogens is 276 g/mol. The Labute approximate surface area is 131 Å². The molecule has 0 bridgehead atoms. The van der Waals surface area contributed by atoms with Gasteiger partial charge in [0.25, 0.3) is 0 Å². The van der Waals surface area contributed by atoms with Crippen molar-refractivity contribution in [3.63, 3.8) is 0 Å². The molecule has 2 aromatic carbocycles. The Morgan fingerprint density at radius 2 is 1.77 bits per heavy atom. The van der Waals surface area contributed by atoms with Crippen molar-refractivity contribution in [2.75, 3.05) is 18.1 Å². The topological polar surface area (TPSA) is 41.9 Å². The SMILES string of the molecule is CCOC(=O)c1ccc(/N=C\N(CC)c2ccccc2)cc1. The maximum Gasteiger partial charge on any atom is 0.338 e. The van der Waals surface area contributed by atoms with Gasteiger partial charge in [0.05, 0.1) is 24.2 Å². The van der Waals surface area contributed by atoms with Gasteiger partial charge >= 0.3 is 5.97 Å². The fourth-order valence-electron chi connectivity index (χ4n) is 1.98.